The van der Waals surface area contributed by atoms with E-state index in [0.29, 0.717) is 18.0 Å². The number of hydrogen-bond acceptors (Lipinski definition) is 5. The van der Waals surface area contributed by atoms with Gasteiger partial charge in [-0.1, -0.05) is 0 Å². The van der Waals surface area contributed by atoms with Gasteiger partial charge in [0.15, 0.2) is 0 Å². The highest BCUT2D eigenvalue weighted by molar-refractivity contribution is 7.92. The van der Waals surface area contributed by atoms with Crippen LogP contribution in [0.2, 0.25) is 0 Å². The molecule has 0 spiro atoms. The molecule has 0 aliphatic heterocycles. The van der Waals surface area contributed by atoms with Crippen molar-refractivity contribution in [2.45, 2.75) is 33.7 Å². The highest BCUT2D eigenvalue weighted by Gasteiger charge is 2.16. The van der Waals surface area contributed by atoms with Crippen molar-refractivity contribution < 1.29 is 17.9 Å². The van der Waals surface area contributed by atoms with Crippen LogP contribution in [-0.2, 0) is 19.6 Å². The maximum absolute atomic E-state index is 12.6. The molecule has 0 bridgehead atoms. The van der Waals surface area contributed by atoms with Crippen LogP contribution in [0.15, 0.2) is 35.9 Å². The number of methoxy groups -OCH3 is 1. The van der Waals surface area contributed by atoms with Crippen molar-refractivity contribution in [1.29, 1.82) is 5.26 Å². The lowest BCUT2D eigenvalue weighted by atomic mass is 10.1. The van der Waals surface area contributed by atoms with Crippen LogP contribution in [0, 0.1) is 25.2 Å². The van der Waals surface area contributed by atoms with Gasteiger partial charge in [-0.25, -0.2) is 8.42 Å². The average molecular weight is 445 g/mol. The molecule has 0 saturated heterocycles. The molecule has 166 valence electrons. The Morgan fingerprint density at radius 1 is 1.26 bits per heavy atom. The zero-order valence-corrected chi connectivity index (χ0v) is 19.2. The summed E-state index contributed by atoms with van der Waals surface area (Å²) in [7, 11) is -1.73. The quantitative estimate of drug-likeness (QED) is 0.453. The number of ether oxygens (including phenoxy) is 1. The molecule has 0 unspecified atom stereocenters. The highest BCUT2D eigenvalue weighted by Crippen LogP contribution is 2.23. The normalized spacial score (nSPS) is 12.8. The monoisotopic (exact) mass is 444 g/mol. The van der Waals surface area contributed by atoms with E-state index in [9.17, 15) is 18.5 Å². The van der Waals surface area contributed by atoms with Crippen molar-refractivity contribution in [2.24, 2.45) is 0 Å². The third kappa shape index (κ3) is 6.20. The van der Waals surface area contributed by atoms with Crippen molar-refractivity contribution in [3.8, 4) is 6.07 Å². The van der Waals surface area contributed by atoms with Crippen molar-refractivity contribution in [2.75, 3.05) is 29.5 Å². The second kappa shape index (κ2) is 10.3. The molecule has 0 saturated carbocycles. The highest BCUT2D eigenvalue weighted by atomic mass is 32.2. The van der Waals surface area contributed by atoms with Crippen LogP contribution in [0.3, 0.4) is 0 Å². The first-order valence-electron chi connectivity index (χ1n) is 9.82. The molecule has 1 atom stereocenters. The number of aryl methyl sites for hydroxylation is 1. The number of carbonyl (C=O) groups is 1. The number of amides is 1. The SMILES string of the molecule is CCS(=O)(=O)Nc1ccc(NC(=O)/C(C#N)=C\c2cc(C)n([C@@H](C)COC)c2C)cc1. The van der Waals surface area contributed by atoms with Crippen LogP contribution >= 0.6 is 0 Å². The fourth-order valence-electron chi connectivity index (χ4n) is 3.32. The lowest BCUT2D eigenvalue weighted by molar-refractivity contribution is -0.112. The third-order valence-corrected chi connectivity index (χ3v) is 6.14. The van der Waals surface area contributed by atoms with Gasteiger partial charge in [0.25, 0.3) is 5.91 Å². The van der Waals surface area contributed by atoms with Gasteiger partial charge in [-0.15, -0.1) is 0 Å². The average Bonchev–Trinajstić information content (AvgIpc) is 3.00. The van der Waals surface area contributed by atoms with E-state index >= 15 is 0 Å². The summed E-state index contributed by atoms with van der Waals surface area (Å²) in [6.45, 7) is 8.04. The number of sulfonamides is 1. The molecule has 2 N–H and O–H groups in total. The molecule has 1 heterocycles. The second-order valence-corrected chi connectivity index (χ2v) is 9.22. The summed E-state index contributed by atoms with van der Waals surface area (Å²) >= 11 is 0. The predicted octanol–water partition coefficient (Wildman–Crippen LogP) is 3.62. The molecule has 0 aliphatic carbocycles. The Kier molecular flexibility index (Phi) is 8.02. The van der Waals surface area contributed by atoms with E-state index in [2.05, 4.69) is 14.6 Å². The maximum atomic E-state index is 12.6. The van der Waals surface area contributed by atoms with E-state index < -0.39 is 15.9 Å². The van der Waals surface area contributed by atoms with E-state index in [1.54, 1.807) is 44.4 Å². The number of carbonyl (C=O) groups excluding carboxylic acids is 1. The molecular formula is C22H28N4O4S. The Hall–Kier alpha value is -3.09. The minimum absolute atomic E-state index is 0.0320. The number of nitrogens with zero attached hydrogens (tertiary/aromatic N) is 2. The fourth-order valence-corrected chi connectivity index (χ4v) is 3.96. The van der Waals surface area contributed by atoms with Gasteiger partial charge >= 0.3 is 0 Å². The summed E-state index contributed by atoms with van der Waals surface area (Å²) in [6.07, 6.45) is 1.57. The van der Waals surface area contributed by atoms with E-state index in [4.69, 9.17) is 4.74 Å². The molecule has 1 aromatic carbocycles. The summed E-state index contributed by atoms with van der Waals surface area (Å²) < 4.78 is 33.0. The number of anilines is 2. The second-order valence-electron chi connectivity index (χ2n) is 7.21. The molecule has 0 aliphatic rings. The van der Waals surface area contributed by atoms with Gasteiger partial charge in [0.05, 0.1) is 18.4 Å². The van der Waals surface area contributed by atoms with Crippen LogP contribution in [0.5, 0.6) is 0 Å². The van der Waals surface area contributed by atoms with Crippen LogP contribution in [0.1, 0.15) is 36.8 Å². The largest absolute Gasteiger partial charge is 0.383 e. The Balaban J connectivity index is 2.20. The lowest BCUT2D eigenvalue weighted by Crippen LogP contribution is -2.15. The van der Waals surface area contributed by atoms with Crippen molar-refractivity contribution in [1.82, 2.24) is 4.57 Å². The van der Waals surface area contributed by atoms with Gasteiger partial charge in [0.1, 0.15) is 11.6 Å². The maximum Gasteiger partial charge on any atom is 0.266 e. The first kappa shape index (κ1) is 24.2. The van der Waals surface area contributed by atoms with E-state index in [1.807, 2.05) is 32.9 Å². The van der Waals surface area contributed by atoms with Crippen LogP contribution in [0.25, 0.3) is 6.08 Å². The van der Waals surface area contributed by atoms with Crippen LogP contribution < -0.4 is 10.0 Å². The Morgan fingerprint density at radius 3 is 2.42 bits per heavy atom. The van der Waals surface area contributed by atoms with Crippen molar-refractivity contribution in [3.63, 3.8) is 0 Å². The topological polar surface area (TPSA) is 113 Å². The van der Waals surface area contributed by atoms with Gasteiger partial charge in [-0.2, -0.15) is 5.26 Å². The van der Waals surface area contributed by atoms with Gasteiger partial charge in [0, 0.05) is 29.9 Å². The number of aromatic nitrogens is 1. The summed E-state index contributed by atoms with van der Waals surface area (Å²) in [5, 5.41) is 12.2. The minimum Gasteiger partial charge on any atom is -0.383 e. The Morgan fingerprint density at radius 2 is 1.87 bits per heavy atom. The van der Waals surface area contributed by atoms with Gasteiger partial charge in [0.2, 0.25) is 10.0 Å². The molecule has 9 heteroatoms. The van der Waals surface area contributed by atoms with E-state index in [0.717, 1.165) is 17.0 Å². The summed E-state index contributed by atoms with van der Waals surface area (Å²) in [4.78, 5) is 12.6. The number of benzene rings is 1. The van der Waals surface area contributed by atoms with Crippen molar-refractivity contribution >= 4 is 33.4 Å². The summed E-state index contributed by atoms with van der Waals surface area (Å²) in [6, 6.07) is 10.2. The van der Waals surface area contributed by atoms with Crippen molar-refractivity contribution in [3.05, 3.63) is 52.9 Å². The Bertz CT molecular complexity index is 1110. The molecule has 2 aromatic rings. The first-order valence-corrected chi connectivity index (χ1v) is 11.5. The number of nitrogens with one attached hydrogen (secondary N) is 2. The fraction of sp³-hybridized carbons (Fsp3) is 0.364. The molecule has 0 fully saturated rings. The Labute approximate surface area is 183 Å². The number of nitriles is 1. The zero-order chi connectivity index (χ0) is 23.2. The van der Waals surface area contributed by atoms with E-state index in [-0.39, 0.29) is 17.4 Å². The van der Waals surface area contributed by atoms with Crippen LogP contribution in [-0.4, -0.2) is 38.4 Å². The molecule has 0 radical (unpaired) electrons. The van der Waals surface area contributed by atoms with Crippen LogP contribution in [0.4, 0.5) is 11.4 Å². The standard InChI is InChI=1S/C22H28N4O4S/c1-6-31(28,29)25-21-9-7-20(8-10-21)24-22(27)19(13-23)12-18-11-15(2)26(17(18)4)16(3)14-30-5/h7-12,16,25H,6,14H2,1-5H3,(H,24,27)/b19-12-/t16-/m0/s1. The smallest absolute Gasteiger partial charge is 0.266 e. The summed E-state index contributed by atoms with van der Waals surface area (Å²) in [5.74, 6) is -0.578. The molecule has 2 rings (SSSR count). The predicted molar refractivity (Wildman–Crippen MR) is 122 cm³/mol. The molecule has 1 aromatic heterocycles. The van der Waals surface area contributed by atoms with Gasteiger partial charge in [-0.3, -0.25) is 9.52 Å². The lowest BCUT2D eigenvalue weighted by Gasteiger charge is -2.17. The number of rotatable bonds is 9. The third-order valence-electron chi connectivity index (χ3n) is 4.83. The molecule has 8 nitrogen and oxygen atoms in total. The first-order chi connectivity index (χ1) is 14.6. The number of hydrogen-bond donors (Lipinski definition) is 2. The molecular weight excluding hydrogens is 416 g/mol. The minimum atomic E-state index is -3.38. The van der Waals surface area contributed by atoms with E-state index in [1.165, 1.54) is 0 Å². The zero-order valence-electron chi connectivity index (χ0n) is 18.4. The molecule has 1 amide bonds. The van der Waals surface area contributed by atoms with Gasteiger partial charge < -0.3 is 14.6 Å². The summed E-state index contributed by atoms with van der Waals surface area (Å²) in [5.41, 5.74) is 3.55. The molecule has 31 heavy (non-hydrogen) atoms. The van der Waals surface area contributed by atoms with Gasteiger partial charge in [-0.05, 0) is 69.7 Å².